The standard InChI is InChI=1S/C13H11N5O/c14-6-8-9(7-4-2-1-3-5-7)10-11(15)17-18-13(10)19-12(8)16/h1-5,9-10H,16H2,(H2,15,17). The minimum Gasteiger partial charge on any atom is -0.424 e. The highest BCUT2D eigenvalue weighted by Gasteiger charge is 2.43. The van der Waals surface area contributed by atoms with E-state index in [4.69, 9.17) is 16.2 Å². The van der Waals surface area contributed by atoms with Crippen LogP contribution in [-0.4, -0.2) is 11.7 Å². The Morgan fingerprint density at radius 3 is 2.53 bits per heavy atom. The van der Waals surface area contributed by atoms with E-state index in [1.807, 2.05) is 30.3 Å². The molecule has 2 aliphatic rings. The third-order valence-electron chi connectivity index (χ3n) is 3.25. The zero-order valence-electron chi connectivity index (χ0n) is 9.95. The highest BCUT2D eigenvalue weighted by Crippen LogP contribution is 2.39. The van der Waals surface area contributed by atoms with Crippen molar-refractivity contribution in [1.29, 1.82) is 5.26 Å². The molecule has 6 nitrogen and oxygen atoms in total. The van der Waals surface area contributed by atoms with Crippen LogP contribution in [0.5, 0.6) is 0 Å². The van der Waals surface area contributed by atoms with Crippen LogP contribution in [0.1, 0.15) is 11.5 Å². The maximum absolute atomic E-state index is 9.31. The molecule has 0 radical (unpaired) electrons. The first-order chi connectivity index (χ1) is 9.22. The van der Waals surface area contributed by atoms with Crippen molar-refractivity contribution in [2.45, 2.75) is 5.92 Å². The van der Waals surface area contributed by atoms with Crippen molar-refractivity contribution in [3.8, 4) is 6.07 Å². The first kappa shape index (κ1) is 11.3. The third kappa shape index (κ3) is 1.64. The molecule has 1 aromatic carbocycles. The summed E-state index contributed by atoms with van der Waals surface area (Å²) in [5.74, 6) is 0.0949. The molecule has 2 unspecified atom stereocenters. The number of fused-ring (bicyclic) bond motifs is 1. The summed E-state index contributed by atoms with van der Waals surface area (Å²) in [4.78, 5) is 0. The number of rotatable bonds is 1. The molecule has 0 fully saturated rings. The summed E-state index contributed by atoms with van der Waals surface area (Å²) < 4.78 is 5.33. The van der Waals surface area contributed by atoms with Gasteiger partial charge in [0.2, 0.25) is 11.8 Å². The summed E-state index contributed by atoms with van der Waals surface area (Å²) in [5.41, 5.74) is 12.9. The summed E-state index contributed by atoms with van der Waals surface area (Å²) in [7, 11) is 0. The first-order valence-corrected chi connectivity index (χ1v) is 5.76. The van der Waals surface area contributed by atoms with Crippen LogP contribution in [0.15, 0.2) is 52.0 Å². The van der Waals surface area contributed by atoms with Gasteiger partial charge in [0.05, 0.1) is 5.57 Å². The quantitative estimate of drug-likeness (QED) is 0.771. The molecule has 6 heteroatoms. The Kier molecular flexibility index (Phi) is 2.46. The number of nitrogens with two attached hydrogens (primary N) is 2. The number of nitrogens with zero attached hydrogens (tertiary/aromatic N) is 3. The molecular formula is C13H11N5O. The van der Waals surface area contributed by atoms with E-state index in [1.165, 1.54) is 0 Å². The van der Waals surface area contributed by atoms with E-state index < -0.39 is 0 Å². The maximum atomic E-state index is 9.31. The van der Waals surface area contributed by atoms with Gasteiger partial charge in [-0.05, 0) is 5.56 Å². The number of hydrogen-bond acceptors (Lipinski definition) is 6. The van der Waals surface area contributed by atoms with Crippen LogP contribution in [-0.2, 0) is 4.74 Å². The van der Waals surface area contributed by atoms with Gasteiger partial charge in [-0.2, -0.15) is 5.26 Å². The predicted molar refractivity (Wildman–Crippen MR) is 69.6 cm³/mol. The number of hydrogen-bond donors (Lipinski definition) is 2. The van der Waals surface area contributed by atoms with Crippen molar-refractivity contribution in [1.82, 2.24) is 0 Å². The van der Waals surface area contributed by atoms with E-state index in [9.17, 15) is 5.26 Å². The first-order valence-electron chi connectivity index (χ1n) is 5.76. The molecule has 94 valence electrons. The zero-order valence-corrected chi connectivity index (χ0v) is 9.95. The summed E-state index contributed by atoms with van der Waals surface area (Å²) in [5, 5.41) is 17.0. The van der Waals surface area contributed by atoms with Crippen molar-refractivity contribution >= 4 is 11.7 Å². The Bertz CT molecular complexity index is 653. The Morgan fingerprint density at radius 2 is 1.84 bits per heavy atom. The molecule has 3 rings (SSSR count). The van der Waals surface area contributed by atoms with Gasteiger partial charge in [-0.15, -0.1) is 10.2 Å². The van der Waals surface area contributed by atoms with Gasteiger partial charge in [-0.1, -0.05) is 30.3 Å². The predicted octanol–water partition coefficient (Wildman–Crippen LogP) is 0.795. The van der Waals surface area contributed by atoms with Gasteiger partial charge in [0, 0.05) is 5.92 Å². The number of nitriles is 1. The SMILES string of the molecule is N#CC1=C(N)OC2=NN=C(N)C2C1c1ccccc1. The van der Waals surface area contributed by atoms with E-state index >= 15 is 0 Å². The molecule has 0 saturated carbocycles. The van der Waals surface area contributed by atoms with E-state index in [0.717, 1.165) is 5.56 Å². The van der Waals surface area contributed by atoms with Crippen molar-refractivity contribution < 1.29 is 4.74 Å². The molecule has 19 heavy (non-hydrogen) atoms. The largest absolute Gasteiger partial charge is 0.424 e. The second-order valence-corrected chi connectivity index (χ2v) is 4.32. The Balaban J connectivity index is 2.17. The van der Waals surface area contributed by atoms with Gasteiger partial charge < -0.3 is 16.2 Å². The zero-order chi connectivity index (χ0) is 13.4. The maximum Gasteiger partial charge on any atom is 0.228 e. The second-order valence-electron chi connectivity index (χ2n) is 4.32. The fourth-order valence-electron chi connectivity index (χ4n) is 2.39. The van der Waals surface area contributed by atoms with Crippen LogP contribution >= 0.6 is 0 Å². The highest BCUT2D eigenvalue weighted by molar-refractivity contribution is 6.07. The van der Waals surface area contributed by atoms with E-state index in [0.29, 0.717) is 17.3 Å². The normalized spacial score (nSPS) is 25.0. The smallest absolute Gasteiger partial charge is 0.228 e. The van der Waals surface area contributed by atoms with Gasteiger partial charge >= 0.3 is 0 Å². The number of benzene rings is 1. The van der Waals surface area contributed by atoms with Gasteiger partial charge in [-0.3, -0.25) is 0 Å². The van der Waals surface area contributed by atoms with Crippen molar-refractivity contribution in [3.63, 3.8) is 0 Å². The highest BCUT2D eigenvalue weighted by atomic mass is 16.5. The van der Waals surface area contributed by atoms with Crippen LogP contribution in [0, 0.1) is 17.2 Å². The van der Waals surface area contributed by atoms with Gasteiger partial charge in [0.15, 0.2) is 0 Å². The van der Waals surface area contributed by atoms with E-state index in [1.54, 1.807) is 0 Å². The fourth-order valence-corrected chi connectivity index (χ4v) is 2.39. The molecule has 1 aromatic rings. The molecule has 0 spiro atoms. The summed E-state index contributed by atoms with van der Waals surface area (Å²) in [6.07, 6.45) is 0. The monoisotopic (exact) mass is 253 g/mol. The fraction of sp³-hybridized carbons (Fsp3) is 0.154. The lowest BCUT2D eigenvalue weighted by atomic mass is 9.79. The lowest BCUT2D eigenvalue weighted by Crippen LogP contribution is -2.39. The van der Waals surface area contributed by atoms with Crippen LogP contribution in [0.2, 0.25) is 0 Å². The molecule has 0 saturated heterocycles. The van der Waals surface area contributed by atoms with Crippen LogP contribution in [0.3, 0.4) is 0 Å². The summed E-state index contributed by atoms with van der Waals surface area (Å²) in [6.45, 7) is 0. The van der Waals surface area contributed by atoms with E-state index in [2.05, 4.69) is 16.3 Å². The Hall–Kier alpha value is -2.81. The van der Waals surface area contributed by atoms with Crippen molar-refractivity contribution in [3.05, 3.63) is 47.4 Å². The second kappa shape index (κ2) is 4.14. The molecule has 0 aromatic heterocycles. The molecule has 2 atom stereocenters. The molecular weight excluding hydrogens is 242 g/mol. The van der Waals surface area contributed by atoms with E-state index in [-0.39, 0.29) is 17.7 Å². The molecule has 2 heterocycles. The van der Waals surface area contributed by atoms with Crippen molar-refractivity contribution in [2.24, 2.45) is 27.6 Å². The Morgan fingerprint density at radius 1 is 1.11 bits per heavy atom. The number of ether oxygens (including phenoxy) is 1. The van der Waals surface area contributed by atoms with Crippen LogP contribution in [0.4, 0.5) is 0 Å². The summed E-state index contributed by atoms with van der Waals surface area (Å²) in [6, 6.07) is 11.6. The third-order valence-corrected chi connectivity index (χ3v) is 3.25. The topological polar surface area (TPSA) is 110 Å². The van der Waals surface area contributed by atoms with Gasteiger partial charge in [-0.25, -0.2) is 0 Å². The average molecular weight is 253 g/mol. The molecule has 4 N–H and O–H groups in total. The van der Waals surface area contributed by atoms with Gasteiger partial charge in [0.1, 0.15) is 17.8 Å². The number of amidine groups is 1. The van der Waals surface area contributed by atoms with Crippen LogP contribution in [0.25, 0.3) is 0 Å². The van der Waals surface area contributed by atoms with Gasteiger partial charge in [0.25, 0.3) is 0 Å². The number of allylic oxidation sites excluding steroid dienone is 1. The Labute approximate surface area is 109 Å². The van der Waals surface area contributed by atoms with Crippen molar-refractivity contribution in [2.75, 3.05) is 0 Å². The van der Waals surface area contributed by atoms with Crippen LogP contribution < -0.4 is 11.5 Å². The minimum absolute atomic E-state index is 0.0660. The molecule has 0 bridgehead atoms. The lowest BCUT2D eigenvalue weighted by molar-refractivity contribution is 0.353. The average Bonchev–Trinajstić information content (AvgIpc) is 2.79. The minimum atomic E-state index is -0.357. The molecule has 0 aliphatic carbocycles. The lowest BCUT2D eigenvalue weighted by Gasteiger charge is -2.29. The summed E-state index contributed by atoms with van der Waals surface area (Å²) >= 11 is 0. The molecule has 0 amide bonds. The molecule has 2 aliphatic heterocycles.